The maximum Gasteiger partial charge on any atom is 0.243 e. The van der Waals surface area contributed by atoms with Gasteiger partial charge in [0.15, 0.2) is 0 Å². The average molecular weight is 424 g/mol. The highest BCUT2D eigenvalue weighted by atomic mass is 32.2. The molecule has 162 valence electrons. The summed E-state index contributed by atoms with van der Waals surface area (Å²) < 4.78 is 32.4. The molecule has 1 aromatic carbocycles. The van der Waals surface area contributed by atoms with Gasteiger partial charge in [-0.15, -0.1) is 0 Å². The summed E-state index contributed by atoms with van der Waals surface area (Å²) in [6, 6.07) is 6.71. The van der Waals surface area contributed by atoms with Crippen LogP contribution in [0.2, 0.25) is 0 Å². The van der Waals surface area contributed by atoms with Crippen LogP contribution in [0, 0.1) is 0 Å². The van der Waals surface area contributed by atoms with Crippen LogP contribution in [0.5, 0.6) is 0 Å². The number of amides is 1. The molecule has 0 radical (unpaired) electrons. The van der Waals surface area contributed by atoms with Crippen molar-refractivity contribution in [3.05, 3.63) is 29.8 Å². The van der Waals surface area contributed by atoms with Gasteiger partial charge in [0.05, 0.1) is 24.5 Å². The third-order valence-electron chi connectivity index (χ3n) is 5.83. The first-order chi connectivity index (χ1) is 13.8. The highest BCUT2D eigenvalue weighted by Gasteiger charge is 2.29. The number of nitrogens with one attached hydrogen (secondary N) is 1. The minimum Gasteiger partial charge on any atom is -0.379 e. The number of sulfonamides is 1. The standard InChI is InChI=1S/C21H33N3O4S/c1-21(2,23-12-14-28-15-13-23)17-22-20(25)16-18-6-8-19(9-7-18)29(26,27)24-10-4-3-5-11-24/h6-9H,3-5,10-17H2,1-2H3,(H,22,25). The van der Waals surface area contributed by atoms with Gasteiger partial charge in [-0.1, -0.05) is 18.6 Å². The van der Waals surface area contributed by atoms with Gasteiger partial charge in [-0.3, -0.25) is 9.69 Å². The van der Waals surface area contributed by atoms with Crippen molar-refractivity contribution in [1.29, 1.82) is 0 Å². The number of nitrogens with zero attached hydrogens (tertiary/aromatic N) is 2. The Morgan fingerprint density at radius 1 is 1.03 bits per heavy atom. The van der Waals surface area contributed by atoms with Crippen LogP contribution >= 0.6 is 0 Å². The van der Waals surface area contributed by atoms with Gasteiger partial charge in [0, 0.05) is 38.3 Å². The van der Waals surface area contributed by atoms with E-state index in [2.05, 4.69) is 24.1 Å². The van der Waals surface area contributed by atoms with E-state index in [1.807, 2.05) is 0 Å². The smallest absolute Gasteiger partial charge is 0.243 e. The molecule has 8 heteroatoms. The number of carbonyl (C=O) groups excluding carboxylic acids is 1. The van der Waals surface area contributed by atoms with Crippen LogP contribution in [0.15, 0.2) is 29.2 Å². The minimum atomic E-state index is -3.43. The predicted octanol–water partition coefficient (Wildman–Crippen LogP) is 1.63. The molecule has 0 atom stereocenters. The Bertz CT molecular complexity index is 781. The SMILES string of the molecule is CC(C)(CNC(=O)Cc1ccc(S(=O)(=O)N2CCCCC2)cc1)N1CCOCC1. The lowest BCUT2D eigenvalue weighted by Crippen LogP contribution is -2.55. The molecule has 0 aliphatic carbocycles. The largest absolute Gasteiger partial charge is 0.379 e. The molecule has 3 rings (SSSR count). The molecular formula is C21H33N3O4S. The summed E-state index contributed by atoms with van der Waals surface area (Å²) in [5.41, 5.74) is 0.676. The lowest BCUT2D eigenvalue weighted by Gasteiger charge is -2.40. The monoisotopic (exact) mass is 423 g/mol. The molecule has 2 aliphatic rings. The molecule has 29 heavy (non-hydrogen) atoms. The molecular weight excluding hydrogens is 390 g/mol. The third-order valence-corrected chi connectivity index (χ3v) is 7.74. The zero-order valence-corrected chi connectivity index (χ0v) is 18.3. The van der Waals surface area contributed by atoms with Gasteiger partial charge >= 0.3 is 0 Å². The molecule has 1 N–H and O–H groups in total. The molecule has 0 saturated carbocycles. The van der Waals surface area contributed by atoms with Crippen LogP contribution in [0.25, 0.3) is 0 Å². The molecule has 0 aromatic heterocycles. The van der Waals surface area contributed by atoms with E-state index in [-0.39, 0.29) is 17.9 Å². The molecule has 2 aliphatic heterocycles. The molecule has 1 aromatic rings. The van der Waals surface area contributed by atoms with E-state index in [9.17, 15) is 13.2 Å². The Balaban J connectivity index is 1.53. The van der Waals surface area contributed by atoms with Crippen LogP contribution in [0.3, 0.4) is 0 Å². The Morgan fingerprint density at radius 3 is 2.28 bits per heavy atom. The fourth-order valence-electron chi connectivity index (χ4n) is 3.88. The highest BCUT2D eigenvalue weighted by Crippen LogP contribution is 2.21. The number of hydrogen-bond donors (Lipinski definition) is 1. The first kappa shape index (κ1) is 22.2. The minimum absolute atomic E-state index is 0.0574. The van der Waals surface area contributed by atoms with Crippen molar-refractivity contribution < 1.29 is 17.9 Å². The van der Waals surface area contributed by atoms with Gasteiger partial charge in [0.1, 0.15) is 0 Å². The fraction of sp³-hybridized carbons (Fsp3) is 0.667. The van der Waals surface area contributed by atoms with Crippen molar-refractivity contribution >= 4 is 15.9 Å². The Labute approximate surface area is 174 Å². The van der Waals surface area contributed by atoms with E-state index in [1.54, 1.807) is 28.6 Å². The normalized spacial score (nSPS) is 19.8. The van der Waals surface area contributed by atoms with Gasteiger partial charge in [0.2, 0.25) is 15.9 Å². The van der Waals surface area contributed by atoms with Crippen molar-refractivity contribution in [2.75, 3.05) is 45.9 Å². The maximum atomic E-state index is 12.7. The van der Waals surface area contributed by atoms with Crippen LogP contribution in [-0.4, -0.2) is 75.0 Å². The van der Waals surface area contributed by atoms with E-state index in [1.165, 1.54) is 0 Å². The van der Waals surface area contributed by atoms with Gasteiger partial charge in [-0.25, -0.2) is 8.42 Å². The molecule has 0 unspecified atom stereocenters. The van der Waals surface area contributed by atoms with Crippen LogP contribution in [-0.2, 0) is 26.0 Å². The van der Waals surface area contributed by atoms with Gasteiger partial charge in [0.25, 0.3) is 0 Å². The number of carbonyl (C=O) groups is 1. The number of ether oxygens (including phenoxy) is 1. The van der Waals surface area contributed by atoms with Crippen LogP contribution in [0.1, 0.15) is 38.7 Å². The van der Waals surface area contributed by atoms with E-state index >= 15 is 0 Å². The second-order valence-electron chi connectivity index (χ2n) is 8.47. The molecule has 2 fully saturated rings. The quantitative estimate of drug-likeness (QED) is 0.721. The molecule has 1 amide bonds. The van der Waals surface area contributed by atoms with Crippen LogP contribution in [0.4, 0.5) is 0 Å². The fourth-order valence-corrected chi connectivity index (χ4v) is 5.39. The Morgan fingerprint density at radius 2 is 1.66 bits per heavy atom. The van der Waals surface area contributed by atoms with Gasteiger partial charge < -0.3 is 10.1 Å². The summed E-state index contributed by atoms with van der Waals surface area (Å²) in [4.78, 5) is 15.0. The first-order valence-corrected chi connectivity index (χ1v) is 11.9. The summed E-state index contributed by atoms with van der Waals surface area (Å²) in [6.07, 6.45) is 3.15. The zero-order valence-electron chi connectivity index (χ0n) is 17.5. The predicted molar refractivity (Wildman–Crippen MR) is 112 cm³/mol. The second-order valence-corrected chi connectivity index (χ2v) is 10.4. The maximum absolute atomic E-state index is 12.7. The average Bonchev–Trinajstić information content (AvgIpc) is 2.74. The summed E-state index contributed by atoms with van der Waals surface area (Å²) in [5.74, 6) is -0.0574. The number of piperidine rings is 1. The summed E-state index contributed by atoms with van der Waals surface area (Å²) >= 11 is 0. The summed E-state index contributed by atoms with van der Waals surface area (Å²) in [5, 5.41) is 3.02. The highest BCUT2D eigenvalue weighted by molar-refractivity contribution is 7.89. The Hall–Kier alpha value is -1.48. The van der Waals surface area contributed by atoms with E-state index < -0.39 is 10.0 Å². The topological polar surface area (TPSA) is 79.0 Å². The number of rotatable bonds is 7. The van der Waals surface area contributed by atoms with E-state index in [0.29, 0.717) is 24.5 Å². The molecule has 7 nitrogen and oxygen atoms in total. The molecule has 0 bridgehead atoms. The van der Waals surface area contributed by atoms with Crippen molar-refractivity contribution in [2.24, 2.45) is 0 Å². The summed E-state index contributed by atoms with van der Waals surface area (Å²) in [6.45, 7) is 9.18. The van der Waals surface area contributed by atoms with Crippen LogP contribution < -0.4 is 5.32 Å². The molecule has 0 spiro atoms. The molecule has 2 saturated heterocycles. The number of morpholine rings is 1. The number of hydrogen-bond acceptors (Lipinski definition) is 5. The lowest BCUT2D eigenvalue weighted by molar-refractivity contribution is -0.121. The Kier molecular flexibility index (Phi) is 7.32. The first-order valence-electron chi connectivity index (χ1n) is 10.5. The van der Waals surface area contributed by atoms with Crippen molar-refractivity contribution in [3.8, 4) is 0 Å². The van der Waals surface area contributed by atoms with Crippen molar-refractivity contribution in [2.45, 2.75) is 50.0 Å². The van der Waals surface area contributed by atoms with Gasteiger partial charge in [-0.2, -0.15) is 4.31 Å². The molecule has 2 heterocycles. The number of benzene rings is 1. The van der Waals surface area contributed by atoms with E-state index in [4.69, 9.17) is 4.74 Å². The second kappa shape index (κ2) is 9.55. The van der Waals surface area contributed by atoms with E-state index in [0.717, 1.165) is 51.1 Å². The summed E-state index contributed by atoms with van der Waals surface area (Å²) in [7, 11) is -3.43. The van der Waals surface area contributed by atoms with Gasteiger partial charge in [-0.05, 0) is 44.4 Å². The van der Waals surface area contributed by atoms with Crippen molar-refractivity contribution in [3.63, 3.8) is 0 Å². The lowest BCUT2D eigenvalue weighted by atomic mass is 10.0. The van der Waals surface area contributed by atoms with Crippen molar-refractivity contribution in [1.82, 2.24) is 14.5 Å². The third kappa shape index (κ3) is 5.78. The zero-order chi connectivity index (χ0) is 20.9.